The summed E-state index contributed by atoms with van der Waals surface area (Å²) in [6, 6.07) is 10.5. The first-order chi connectivity index (χ1) is 10.5. The Balaban J connectivity index is 1.93. The minimum atomic E-state index is -0.143. The molecule has 3 heteroatoms. The number of hydrogen-bond acceptors (Lipinski definition) is 3. The van der Waals surface area contributed by atoms with Crippen molar-refractivity contribution in [3.05, 3.63) is 30.3 Å². The fraction of sp³-hybridized carbons (Fsp3) is 0.684. The standard InChI is InChI=1S/C19H29NO2/c1-13-11-12-15-16(13)17(22-18(21-5)19(15,2)3)20(4)14-9-7-6-8-10-14/h6-10,13,15-18H,11-12H2,1-5H3/t13-,15?,16?,17+,18+/m0/s1. The van der Waals surface area contributed by atoms with Gasteiger partial charge in [0.2, 0.25) is 0 Å². The van der Waals surface area contributed by atoms with E-state index in [1.54, 1.807) is 7.11 Å². The molecule has 122 valence electrons. The molecule has 1 heterocycles. The Bertz CT molecular complexity index is 501. The molecule has 3 nitrogen and oxygen atoms in total. The fourth-order valence-electron chi connectivity index (χ4n) is 4.66. The highest BCUT2D eigenvalue weighted by atomic mass is 16.7. The van der Waals surface area contributed by atoms with Gasteiger partial charge in [-0.15, -0.1) is 0 Å². The molecule has 2 unspecified atom stereocenters. The summed E-state index contributed by atoms with van der Waals surface area (Å²) in [4.78, 5) is 2.29. The highest BCUT2D eigenvalue weighted by Gasteiger charge is 2.55. The second kappa shape index (κ2) is 5.86. The molecule has 3 rings (SSSR count). The zero-order valence-corrected chi connectivity index (χ0v) is 14.5. The average Bonchev–Trinajstić information content (AvgIpc) is 2.91. The summed E-state index contributed by atoms with van der Waals surface area (Å²) in [7, 11) is 3.91. The van der Waals surface area contributed by atoms with Gasteiger partial charge in [0.25, 0.3) is 0 Å². The van der Waals surface area contributed by atoms with E-state index in [-0.39, 0.29) is 17.9 Å². The van der Waals surface area contributed by atoms with Crippen LogP contribution < -0.4 is 4.90 Å². The molecule has 1 saturated heterocycles. The van der Waals surface area contributed by atoms with Gasteiger partial charge in [-0.2, -0.15) is 0 Å². The third kappa shape index (κ3) is 2.44. The third-order valence-electron chi connectivity index (χ3n) is 5.97. The smallest absolute Gasteiger partial charge is 0.165 e. The number of methoxy groups -OCH3 is 1. The Morgan fingerprint density at radius 3 is 2.50 bits per heavy atom. The lowest BCUT2D eigenvalue weighted by atomic mass is 9.68. The number of benzene rings is 1. The van der Waals surface area contributed by atoms with E-state index in [1.807, 2.05) is 0 Å². The lowest BCUT2D eigenvalue weighted by Gasteiger charge is -2.52. The van der Waals surface area contributed by atoms with Gasteiger partial charge in [-0.05, 0) is 36.8 Å². The van der Waals surface area contributed by atoms with E-state index in [2.05, 4.69) is 63.1 Å². The Morgan fingerprint density at radius 2 is 1.86 bits per heavy atom. The van der Waals surface area contributed by atoms with E-state index in [4.69, 9.17) is 9.47 Å². The van der Waals surface area contributed by atoms with Crippen molar-refractivity contribution < 1.29 is 9.47 Å². The largest absolute Gasteiger partial charge is 0.355 e. The normalized spacial score (nSPS) is 36.9. The summed E-state index contributed by atoms with van der Waals surface area (Å²) in [6.07, 6.45) is 2.51. The summed E-state index contributed by atoms with van der Waals surface area (Å²) >= 11 is 0. The van der Waals surface area contributed by atoms with Crippen molar-refractivity contribution in [1.29, 1.82) is 0 Å². The molecule has 0 spiro atoms. The van der Waals surface area contributed by atoms with Gasteiger partial charge >= 0.3 is 0 Å². The molecule has 22 heavy (non-hydrogen) atoms. The first-order valence-electron chi connectivity index (χ1n) is 8.43. The molecule has 1 aromatic carbocycles. The van der Waals surface area contributed by atoms with Crippen molar-refractivity contribution in [3.8, 4) is 0 Å². The number of para-hydroxylation sites is 1. The number of anilines is 1. The van der Waals surface area contributed by atoms with Gasteiger partial charge in [0.05, 0.1) is 0 Å². The molecule has 1 aliphatic heterocycles. The summed E-state index contributed by atoms with van der Waals surface area (Å²) in [5, 5.41) is 0. The van der Waals surface area contributed by atoms with Crippen LogP contribution in [0.1, 0.15) is 33.6 Å². The van der Waals surface area contributed by atoms with Crippen LogP contribution in [0, 0.1) is 23.2 Å². The molecule has 0 aromatic heterocycles. The molecule has 0 bridgehead atoms. The van der Waals surface area contributed by atoms with Crippen LogP contribution in [-0.4, -0.2) is 26.7 Å². The van der Waals surface area contributed by atoms with Gasteiger partial charge < -0.3 is 14.4 Å². The predicted octanol–water partition coefficient (Wildman–Crippen LogP) is 4.14. The maximum Gasteiger partial charge on any atom is 0.165 e. The molecule has 1 aliphatic carbocycles. The SMILES string of the molecule is CO[C@@H]1O[C@@H](N(C)c2ccccc2)C2C(CC[C@@H]2C)C1(C)C. The van der Waals surface area contributed by atoms with Crippen LogP contribution >= 0.6 is 0 Å². The van der Waals surface area contributed by atoms with Gasteiger partial charge in [-0.25, -0.2) is 0 Å². The molecule has 0 amide bonds. The number of rotatable bonds is 3. The zero-order valence-electron chi connectivity index (χ0n) is 14.5. The topological polar surface area (TPSA) is 21.7 Å². The Morgan fingerprint density at radius 1 is 1.18 bits per heavy atom. The lowest BCUT2D eigenvalue weighted by Crippen LogP contribution is -2.57. The lowest BCUT2D eigenvalue weighted by molar-refractivity contribution is -0.273. The van der Waals surface area contributed by atoms with Crippen molar-refractivity contribution in [2.24, 2.45) is 23.2 Å². The Kier molecular flexibility index (Phi) is 4.21. The van der Waals surface area contributed by atoms with Crippen LogP contribution in [-0.2, 0) is 9.47 Å². The quantitative estimate of drug-likeness (QED) is 0.837. The third-order valence-corrected chi connectivity index (χ3v) is 5.97. The van der Waals surface area contributed by atoms with Crippen molar-refractivity contribution in [2.75, 3.05) is 19.1 Å². The van der Waals surface area contributed by atoms with Crippen molar-refractivity contribution >= 4 is 5.69 Å². The molecular weight excluding hydrogens is 274 g/mol. The average molecular weight is 303 g/mol. The van der Waals surface area contributed by atoms with Crippen LogP contribution in [0.3, 0.4) is 0 Å². The second-order valence-corrected chi connectivity index (χ2v) is 7.60. The maximum atomic E-state index is 6.46. The van der Waals surface area contributed by atoms with E-state index in [9.17, 15) is 0 Å². The molecular formula is C19H29NO2. The summed E-state index contributed by atoms with van der Waals surface area (Å²) < 4.78 is 12.2. The van der Waals surface area contributed by atoms with Crippen LogP contribution in [0.25, 0.3) is 0 Å². The molecule has 1 aromatic rings. The molecule has 2 fully saturated rings. The van der Waals surface area contributed by atoms with Crippen molar-refractivity contribution in [1.82, 2.24) is 0 Å². The maximum absolute atomic E-state index is 6.46. The monoisotopic (exact) mass is 303 g/mol. The van der Waals surface area contributed by atoms with Gasteiger partial charge in [-0.1, -0.05) is 39.0 Å². The number of hydrogen-bond donors (Lipinski definition) is 0. The van der Waals surface area contributed by atoms with E-state index in [0.29, 0.717) is 17.8 Å². The molecule has 2 aliphatic rings. The minimum Gasteiger partial charge on any atom is -0.355 e. The van der Waals surface area contributed by atoms with Crippen LogP contribution in [0.2, 0.25) is 0 Å². The second-order valence-electron chi connectivity index (χ2n) is 7.60. The minimum absolute atomic E-state index is 0.0677. The molecule has 0 N–H and O–H groups in total. The molecule has 5 atom stereocenters. The number of ether oxygens (including phenoxy) is 2. The Labute approximate surface area is 134 Å². The van der Waals surface area contributed by atoms with Crippen LogP contribution in [0.15, 0.2) is 30.3 Å². The summed E-state index contributed by atoms with van der Waals surface area (Å²) in [5.41, 5.74) is 1.28. The zero-order chi connectivity index (χ0) is 15.9. The highest BCUT2D eigenvalue weighted by Crippen LogP contribution is 2.55. The van der Waals surface area contributed by atoms with Gasteiger partial charge in [-0.3, -0.25) is 0 Å². The first kappa shape index (κ1) is 15.8. The molecule has 1 saturated carbocycles. The first-order valence-corrected chi connectivity index (χ1v) is 8.43. The number of fused-ring (bicyclic) bond motifs is 1. The van der Waals surface area contributed by atoms with E-state index in [1.165, 1.54) is 18.5 Å². The van der Waals surface area contributed by atoms with Gasteiger partial charge in [0.15, 0.2) is 6.29 Å². The van der Waals surface area contributed by atoms with Crippen molar-refractivity contribution in [2.45, 2.75) is 46.1 Å². The van der Waals surface area contributed by atoms with Gasteiger partial charge in [0.1, 0.15) is 6.23 Å². The van der Waals surface area contributed by atoms with E-state index >= 15 is 0 Å². The van der Waals surface area contributed by atoms with Crippen LogP contribution in [0.4, 0.5) is 5.69 Å². The molecule has 0 radical (unpaired) electrons. The fourth-order valence-corrected chi connectivity index (χ4v) is 4.66. The van der Waals surface area contributed by atoms with E-state index < -0.39 is 0 Å². The summed E-state index contributed by atoms with van der Waals surface area (Å²) in [5.74, 6) is 1.90. The number of nitrogens with zero attached hydrogens (tertiary/aromatic N) is 1. The summed E-state index contributed by atoms with van der Waals surface area (Å²) in [6.45, 7) is 6.98. The Hall–Kier alpha value is -1.06. The van der Waals surface area contributed by atoms with Crippen molar-refractivity contribution in [3.63, 3.8) is 0 Å². The van der Waals surface area contributed by atoms with Crippen LogP contribution in [0.5, 0.6) is 0 Å². The highest BCUT2D eigenvalue weighted by molar-refractivity contribution is 5.46. The predicted molar refractivity (Wildman–Crippen MR) is 89.7 cm³/mol. The van der Waals surface area contributed by atoms with E-state index in [0.717, 1.165) is 0 Å². The van der Waals surface area contributed by atoms with Gasteiger partial charge in [0, 0.05) is 31.2 Å².